The van der Waals surface area contributed by atoms with E-state index in [1.54, 1.807) is 4.90 Å². The second kappa shape index (κ2) is 12.5. The first-order chi connectivity index (χ1) is 22.9. The highest BCUT2D eigenvalue weighted by Gasteiger charge is 2.54. The first-order valence-corrected chi connectivity index (χ1v) is 16.9. The number of carbonyl (C=O) groups is 3. The number of aryl methyl sites for hydroxylation is 2. The Morgan fingerprint density at radius 1 is 1.00 bits per heavy atom. The zero-order chi connectivity index (χ0) is 32.7. The number of likely N-dealkylation sites (tertiary alicyclic amines) is 1. The highest BCUT2D eigenvalue weighted by molar-refractivity contribution is 5.95. The molecule has 47 heavy (non-hydrogen) atoms. The molecule has 0 radical (unpaired) electrons. The Morgan fingerprint density at radius 2 is 1.64 bits per heavy atom. The number of hydrogen-bond donors (Lipinski definition) is 4. The molecule has 4 atom stereocenters. The number of nitrogens with one attached hydrogen (secondary N) is 4. The van der Waals surface area contributed by atoms with Crippen LogP contribution in [0.2, 0.25) is 0 Å². The highest BCUT2D eigenvalue weighted by atomic mass is 16.2. The third kappa shape index (κ3) is 5.67. The topological polar surface area (TPSA) is 169 Å². The minimum absolute atomic E-state index is 0.0272. The summed E-state index contributed by atoms with van der Waals surface area (Å²) in [5.74, 6) is 1.02. The number of fused-ring (bicyclic) bond motifs is 3. The fourth-order valence-electron chi connectivity index (χ4n) is 8.03. The summed E-state index contributed by atoms with van der Waals surface area (Å²) in [4.78, 5) is 41.3. The number of piperidine rings is 1. The van der Waals surface area contributed by atoms with Gasteiger partial charge in [0.15, 0.2) is 5.82 Å². The van der Waals surface area contributed by atoms with Gasteiger partial charge in [-0.05, 0) is 117 Å². The molecular formula is C35H41N9O3. The second-order valence-electron chi connectivity index (χ2n) is 13.4. The van der Waals surface area contributed by atoms with Gasteiger partial charge < -0.3 is 20.9 Å². The van der Waals surface area contributed by atoms with E-state index in [4.69, 9.17) is 0 Å². The van der Waals surface area contributed by atoms with Crippen LogP contribution in [0, 0.1) is 23.2 Å². The molecule has 244 valence electrons. The van der Waals surface area contributed by atoms with Crippen LogP contribution >= 0.6 is 0 Å². The van der Waals surface area contributed by atoms with E-state index in [2.05, 4.69) is 42.6 Å². The maximum absolute atomic E-state index is 13.6. The van der Waals surface area contributed by atoms with Crippen molar-refractivity contribution >= 4 is 17.7 Å². The van der Waals surface area contributed by atoms with E-state index in [0.717, 1.165) is 47.9 Å². The number of rotatable bonds is 11. The lowest BCUT2D eigenvalue weighted by Gasteiger charge is -2.37. The van der Waals surface area contributed by atoms with Crippen LogP contribution in [-0.4, -0.2) is 81.0 Å². The molecule has 3 aromatic rings. The molecule has 3 fully saturated rings. The van der Waals surface area contributed by atoms with Crippen molar-refractivity contribution in [1.82, 2.24) is 41.5 Å². The van der Waals surface area contributed by atoms with Crippen molar-refractivity contribution in [1.29, 1.82) is 5.26 Å². The van der Waals surface area contributed by atoms with E-state index in [0.29, 0.717) is 61.1 Å². The lowest BCUT2D eigenvalue weighted by Crippen LogP contribution is -2.48. The van der Waals surface area contributed by atoms with Crippen LogP contribution in [0.4, 0.5) is 0 Å². The molecule has 4 N–H and O–H groups in total. The van der Waals surface area contributed by atoms with Crippen LogP contribution in [0.3, 0.4) is 0 Å². The summed E-state index contributed by atoms with van der Waals surface area (Å²) in [6.07, 6.45) is 5.68. The predicted molar refractivity (Wildman–Crippen MR) is 172 cm³/mol. The molecule has 1 saturated heterocycles. The molecule has 4 aliphatic rings. The molecule has 3 aliphatic carbocycles. The van der Waals surface area contributed by atoms with E-state index in [1.165, 1.54) is 0 Å². The van der Waals surface area contributed by atoms with Crippen molar-refractivity contribution in [2.45, 2.75) is 82.3 Å². The third-order valence-electron chi connectivity index (χ3n) is 10.5. The van der Waals surface area contributed by atoms with Crippen molar-refractivity contribution in [2.75, 3.05) is 19.6 Å². The molecule has 0 bridgehead atoms. The Morgan fingerprint density at radius 3 is 2.17 bits per heavy atom. The zero-order valence-corrected chi connectivity index (χ0v) is 26.9. The van der Waals surface area contributed by atoms with Crippen LogP contribution in [0.1, 0.15) is 94.7 Å². The van der Waals surface area contributed by atoms with Gasteiger partial charge >= 0.3 is 0 Å². The Labute approximate surface area is 274 Å². The maximum Gasteiger partial charge on any atom is 0.251 e. The molecule has 3 amide bonds. The fourth-order valence-corrected chi connectivity index (χ4v) is 8.03. The smallest absolute Gasteiger partial charge is 0.251 e. The number of nitriles is 1. The summed E-state index contributed by atoms with van der Waals surface area (Å²) >= 11 is 0. The van der Waals surface area contributed by atoms with Gasteiger partial charge in [-0.1, -0.05) is 17.3 Å². The van der Waals surface area contributed by atoms with Gasteiger partial charge in [0.1, 0.15) is 6.04 Å². The van der Waals surface area contributed by atoms with Gasteiger partial charge in [0.2, 0.25) is 5.91 Å². The summed E-state index contributed by atoms with van der Waals surface area (Å²) in [6, 6.07) is 13.8. The summed E-state index contributed by atoms with van der Waals surface area (Å²) in [5, 5.41) is 35.1. The quantitative estimate of drug-likeness (QED) is 0.249. The molecule has 12 nitrogen and oxygen atoms in total. The molecule has 1 aliphatic heterocycles. The van der Waals surface area contributed by atoms with Gasteiger partial charge in [-0.15, -0.1) is 10.2 Å². The molecule has 0 spiro atoms. The first kappa shape index (κ1) is 31.0. The van der Waals surface area contributed by atoms with E-state index in [1.807, 2.05) is 50.2 Å². The number of aromatic amines is 1. The van der Waals surface area contributed by atoms with Crippen molar-refractivity contribution in [3.63, 3.8) is 0 Å². The van der Waals surface area contributed by atoms with Gasteiger partial charge in [0.25, 0.3) is 11.8 Å². The standard InChI is InChI=1S/C35H41N9O3/c1-3-37-32(46)23-9-11-27-21(13-23)7-8-22-14-24(33(47)38-4-2)10-12-28(22)35(27,34-40-42-43-41-34)17-29(20-5-6-20)39-19-31(45)44-26(18-36)15-25-16-30(25)44/h9-14,20,25-26,29-30,39H,3-8,15-17,19H2,1-2H3,(H,37,46)(H,38,47)(H,40,41,42,43)/t25-,26?,29-,30+/m1/s1. The minimum atomic E-state index is -0.887. The summed E-state index contributed by atoms with van der Waals surface area (Å²) in [7, 11) is 0. The van der Waals surface area contributed by atoms with Crippen molar-refractivity contribution in [2.24, 2.45) is 11.8 Å². The Balaban J connectivity index is 1.31. The van der Waals surface area contributed by atoms with Crippen LogP contribution in [0.5, 0.6) is 0 Å². The molecule has 2 heterocycles. The summed E-state index contributed by atoms with van der Waals surface area (Å²) in [6.45, 7) is 5.00. The number of amides is 3. The van der Waals surface area contributed by atoms with Crippen molar-refractivity contribution in [3.8, 4) is 6.07 Å². The Hall–Kier alpha value is -4.63. The summed E-state index contributed by atoms with van der Waals surface area (Å²) < 4.78 is 0. The summed E-state index contributed by atoms with van der Waals surface area (Å²) in [5.41, 5.74) is 4.27. The van der Waals surface area contributed by atoms with Gasteiger partial charge in [-0.2, -0.15) is 10.5 Å². The van der Waals surface area contributed by atoms with E-state index in [-0.39, 0.29) is 42.4 Å². The monoisotopic (exact) mass is 635 g/mol. The number of tetrazole rings is 1. The average Bonchev–Trinajstić information content (AvgIpc) is 3.99. The molecule has 7 rings (SSSR count). The van der Waals surface area contributed by atoms with Crippen molar-refractivity contribution in [3.05, 3.63) is 75.6 Å². The van der Waals surface area contributed by atoms with Gasteiger partial charge in [0, 0.05) is 36.3 Å². The van der Waals surface area contributed by atoms with Crippen LogP contribution in [0.15, 0.2) is 36.4 Å². The average molecular weight is 636 g/mol. The van der Waals surface area contributed by atoms with Crippen molar-refractivity contribution < 1.29 is 14.4 Å². The predicted octanol–water partition coefficient (Wildman–Crippen LogP) is 2.40. The number of aromatic nitrogens is 4. The fraction of sp³-hybridized carbons (Fsp3) is 0.514. The SMILES string of the molecule is CCNC(=O)c1ccc2c(c1)CCc1cc(C(=O)NCC)ccc1C2(C[C@@H](NCC(=O)N1C(C#N)C[C@@H]2C[C@@H]21)C1CC1)c1nn[nH]n1. The molecule has 2 aromatic carbocycles. The van der Waals surface area contributed by atoms with E-state index in [9.17, 15) is 19.6 Å². The van der Waals surface area contributed by atoms with Crippen LogP contribution in [0.25, 0.3) is 0 Å². The minimum Gasteiger partial charge on any atom is -0.352 e. The first-order valence-electron chi connectivity index (χ1n) is 16.9. The number of hydrogen-bond acceptors (Lipinski definition) is 8. The lowest BCUT2D eigenvalue weighted by atomic mass is 9.67. The number of carbonyl (C=O) groups excluding carboxylic acids is 3. The van der Waals surface area contributed by atoms with Crippen LogP contribution in [-0.2, 0) is 23.1 Å². The van der Waals surface area contributed by atoms with Gasteiger partial charge in [-0.3, -0.25) is 14.4 Å². The lowest BCUT2D eigenvalue weighted by molar-refractivity contribution is -0.131. The van der Waals surface area contributed by atoms with Gasteiger partial charge in [-0.25, -0.2) is 0 Å². The Kier molecular flexibility index (Phi) is 8.26. The normalized spacial score (nSPS) is 22.6. The second-order valence-corrected chi connectivity index (χ2v) is 13.4. The number of H-pyrrole nitrogens is 1. The van der Waals surface area contributed by atoms with Gasteiger partial charge in [0.05, 0.1) is 18.0 Å². The molecule has 1 unspecified atom stereocenters. The third-order valence-corrected chi connectivity index (χ3v) is 10.5. The number of nitrogens with zero attached hydrogens (tertiary/aromatic N) is 5. The largest absolute Gasteiger partial charge is 0.352 e. The van der Waals surface area contributed by atoms with E-state index >= 15 is 0 Å². The van der Waals surface area contributed by atoms with E-state index < -0.39 is 5.41 Å². The maximum atomic E-state index is 13.6. The van der Waals surface area contributed by atoms with Crippen LogP contribution < -0.4 is 16.0 Å². The molecular weight excluding hydrogens is 594 g/mol. The highest BCUT2D eigenvalue weighted by Crippen LogP contribution is 2.50. The molecule has 1 aromatic heterocycles. The Bertz CT molecular complexity index is 1660. The zero-order valence-electron chi connectivity index (χ0n) is 26.9. The molecule has 2 saturated carbocycles. The number of benzene rings is 2. The molecule has 12 heteroatoms.